The predicted molar refractivity (Wildman–Crippen MR) is 172 cm³/mol. The second-order valence-electron chi connectivity index (χ2n) is 10.7. The predicted octanol–water partition coefficient (Wildman–Crippen LogP) is 3.71. The van der Waals surface area contributed by atoms with E-state index in [-0.39, 0.29) is 23.3 Å². The molecule has 1 aliphatic heterocycles. The van der Waals surface area contributed by atoms with Crippen molar-refractivity contribution in [3.05, 3.63) is 114 Å². The lowest BCUT2D eigenvalue weighted by atomic mass is 10.0. The van der Waals surface area contributed by atoms with Crippen LogP contribution in [0.25, 0.3) is 0 Å². The minimum atomic E-state index is -3.75. The first-order chi connectivity index (χ1) is 21.8. The van der Waals surface area contributed by atoms with Crippen LogP contribution in [0.5, 0.6) is 0 Å². The van der Waals surface area contributed by atoms with Gasteiger partial charge in [0.1, 0.15) is 6.04 Å². The maximum atomic E-state index is 13.7. The fourth-order valence-electron chi connectivity index (χ4n) is 4.84. The van der Waals surface area contributed by atoms with Crippen molar-refractivity contribution in [2.24, 2.45) is 0 Å². The lowest BCUT2D eigenvalue weighted by Gasteiger charge is -2.29. The number of rotatable bonds is 14. The van der Waals surface area contributed by atoms with Crippen LogP contribution in [0.1, 0.15) is 35.2 Å². The van der Waals surface area contributed by atoms with Crippen LogP contribution in [0.3, 0.4) is 0 Å². The summed E-state index contributed by atoms with van der Waals surface area (Å²) in [7, 11) is -3.75. The number of unbranched alkanes of at least 4 members (excludes halogenated alkanes) is 1. The number of hydrogen-bond acceptors (Lipinski definition) is 6. The highest BCUT2D eigenvalue weighted by Gasteiger charge is 2.26. The normalized spacial score (nSPS) is 14.8. The molecule has 1 unspecified atom stereocenters. The lowest BCUT2D eigenvalue weighted by molar-refractivity contribution is -0.123. The van der Waals surface area contributed by atoms with Crippen LogP contribution in [0.2, 0.25) is 0 Å². The Morgan fingerprint density at radius 1 is 0.822 bits per heavy atom. The number of nitrogens with one attached hydrogen (secondary N) is 3. The fraction of sp³-hybridized carbons (Fsp3) is 0.324. The molecular formula is C34H40N4O6S. The standard InChI is InChI=1S/C34H40N4O6S/c39-32(28-14-6-2-7-15-28)35-20-11-10-16-29(19-25-45(42,43)30-17-8-3-9-18-30)36-33(40)31(26-27-12-4-1-5-13-27)37-34(41)38-21-23-44-24-22-38/h1-9,12-15,17-19,25,29,31H,10-11,16,20-24,26H2,(H,35,39)(H,36,40)(H,37,41)/b25-19+/t29-,31?/m0/s1. The summed E-state index contributed by atoms with van der Waals surface area (Å²) >= 11 is 0. The minimum Gasteiger partial charge on any atom is -0.378 e. The van der Waals surface area contributed by atoms with Gasteiger partial charge in [0.25, 0.3) is 5.91 Å². The van der Waals surface area contributed by atoms with Crippen LogP contribution in [0.15, 0.2) is 107 Å². The molecule has 0 aromatic heterocycles. The Hall–Kier alpha value is -4.48. The summed E-state index contributed by atoms with van der Waals surface area (Å²) in [5.74, 6) is -0.598. The Morgan fingerprint density at radius 2 is 1.44 bits per heavy atom. The monoisotopic (exact) mass is 632 g/mol. The number of carbonyl (C=O) groups is 3. The topological polar surface area (TPSA) is 134 Å². The number of ether oxygens (including phenoxy) is 1. The van der Waals surface area contributed by atoms with Crippen molar-refractivity contribution in [1.29, 1.82) is 0 Å². The molecule has 0 aliphatic carbocycles. The van der Waals surface area contributed by atoms with Gasteiger partial charge in [-0.15, -0.1) is 0 Å². The van der Waals surface area contributed by atoms with E-state index in [1.54, 1.807) is 47.4 Å². The van der Waals surface area contributed by atoms with E-state index in [0.29, 0.717) is 57.7 Å². The van der Waals surface area contributed by atoms with Crippen molar-refractivity contribution in [2.75, 3.05) is 32.8 Å². The van der Waals surface area contributed by atoms with Gasteiger partial charge < -0.3 is 25.6 Å². The van der Waals surface area contributed by atoms with E-state index in [0.717, 1.165) is 11.0 Å². The number of hydrogen-bond donors (Lipinski definition) is 3. The van der Waals surface area contributed by atoms with Gasteiger partial charge in [0.05, 0.1) is 18.1 Å². The molecule has 1 saturated heterocycles. The molecule has 0 radical (unpaired) electrons. The van der Waals surface area contributed by atoms with Crippen LogP contribution in [-0.4, -0.2) is 76.1 Å². The highest BCUT2D eigenvalue weighted by molar-refractivity contribution is 7.94. The van der Waals surface area contributed by atoms with Crippen molar-refractivity contribution >= 4 is 27.7 Å². The maximum Gasteiger partial charge on any atom is 0.318 e. The molecule has 3 aromatic carbocycles. The molecule has 0 saturated carbocycles. The van der Waals surface area contributed by atoms with E-state index in [1.807, 2.05) is 36.4 Å². The molecule has 45 heavy (non-hydrogen) atoms. The van der Waals surface area contributed by atoms with Gasteiger partial charge in [-0.2, -0.15) is 0 Å². The molecule has 11 heteroatoms. The summed E-state index contributed by atoms with van der Waals surface area (Å²) in [6.45, 7) is 2.13. The average molecular weight is 633 g/mol. The van der Waals surface area contributed by atoms with Gasteiger partial charge in [0.15, 0.2) is 9.84 Å². The molecule has 3 aromatic rings. The van der Waals surface area contributed by atoms with Crippen molar-refractivity contribution in [3.8, 4) is 0 Å². The Labute approximate surface area is 264 Å². The van der Waals surface area contributed by atoms with E-state index in [2.05, 4.69) is 16.0 Å². The van der Waals surface area contributed by atoms with Gasteiger partial charge in [-0.3, -0.25) is 9.59 Å². The van der Waals surface area contributed by atoms with Gasteiger partial charge in [-0.25, -0.2) is 13.2 Å². The van der Waals surface area contributed by atoms with E-state index in [9.17, 15) is 22.8 Å². The second-order valence-corrected chi connectivity index (χ2v) is 12.5. The number of sulfone groups is 1. The Bertz CT molecular complexity index is 1510. The minimum absolute atomic E-state index is 0.148. The molecule has 4 rings (SSSR count). The first-order valence-corrected chi connectivity index (χ1v) is 16.7. The summed E-state index contributed by atoms with van der Waals surface area (Å²) < 4.78 is 31.3. The molecule has 3 N–H and O–H groups in total. The van der Waals surface area contributed by atoms with Gasteiger partial charge >= 0.3 is 6.03 Å². The SMILES string of the molecule is O=C(NCCCC[C@@H](/C=C/S(=O)(=O)c1ccccc1)NC(=O)C(Cc1ccccc1)NC(=O)N1CCOCC1)c1ccccc1. The molecule has 0 spiro atoms. The van der Waals surface area contributed by atoms with Crippen molar-refractivity contribution in [1.82, 2.24) is 20.9 Å². The molecule has 4 amide bonds. The van der Waals surface area contributed by atoms with Crippen molar-refractivity contribution in [2.45, 2.75) is 42.7 Å². The Morgan fingerprint density at radius 3 is 2.11 bits per heavy atom. The van der Waals surface area contributed by atoms with E-state index < -0.39 is 27.8 Å². The molecule has 1 aliphatic rings. The molecule has 1 fully saturated rings. The zero-order chi connectivity index (χ0) is 31.9. The number of morpholine rings is 1. The number of urea groups is 1. The maximum absolute atomic E-state index is 13.7. The van der Waals surface area contributed by atoms with Crippen LogP contribution in [-0.2, 0) is 25.8 Å². The van der Waals surface area contributed by atoms with Gasteiger partial charge in [0.2, 0.25) is 5.91 Å². The molecule has 10 nitrogen and oxygen atoms in total. The van der Waals surface area contributed by atoms with Crippen molar-refractivity contribution < 1.29 is 27.5 Å². The smallest absolute Gasteiger partial charge is 0.318 e. The van der Waals surface area contributed by atoms with Crippen LogP contribution in [0, 0.1) is 0 Å². The third-order valence-corrected chi connectivity index (χ3v) is 8.79. The van der Waals surface area contributed by atoms with Gasteiger partial charge in [-0.1, -0.05) is 72.8 Å². The molecule has 1 heterocycles. The lowest BCUT2D eigenvalue weighted by Crippen LogP contribution is -2.55. The average Bonchev–Trinajstić information content (AvgIpc) is 3.08. The van der Waals surface area contributed by atoms with Crippen molar-refractivity contribution in [3.63, 3.8) is 0 Å². The largest absolute Gasteiger partial charge is 0.378 e. The van der Waals surface area contributed by atoms with Crippen LogP contribution >= 0.6 is 0 Å². The molecule has 238 valence electrons. The summed E-state index contributed by atoms with van der Waals surface area (Å²) in [6.07, 6.45) is 3.37. The Balaban J connectivity index is 1.44. The Kier molecular flexibility index (Phi) is 12.7. The third-order valence-electron chi connectivity index (χ3n) is 7.35. The summed E-state index contributed by atoms with van der Waals surface area (Å²) in [5.41, 5.74) is 1.44. The number of benzene rings is 3. The number of nitrogens with zero attached hydrogens (tertiary/aromatic N) is 1. The zero-order valence-electron chi connectivity index (χ0n) is 25.1. The van der Waals surface area contributed by atoms with Crippen LogP contribution in [0.4, 0.5) is 4.79 Å². The van der Waals surface area contributed by atoms with E-state index in [4.69, 9.17) is 4.74 Å². The zero-order valence-corrected chi connectivity index (χ0v) is 26.0. The number of carbonyl (C=O) groups excluding carboxylic acids is 3. The van der Waals surface area contributed by atoms with E-state index >= 15 is 0 Å². The number of amides is 4. The molecule has 0 bridgehead atoms. The highest BCUT2D eigenvalue weighted by Crippen LogP contribution is 2.14. The first-order valence-electron chi connectivity index (χ1n) is 15.1. The second kappa shape index (κ2) is 17.1. The quantitative estimate of drug-likeness (QED) is 0.232. The molecular weight excluding hydrogens is 592 g/mol. The first kappa shape index (κ1) is 33.4. The van der Waals surface area contributed by atoms with E-state index in [1.165, 1.54) is 18.2 Å². The summed E-state index contributed by atoms with van der Waals surface area (Å²) in [4.78, 5) is 40.9. The highest BCUT2D eigenvalue weighted by atomic mass is 32.2. The molecule has 2 atom stereocenters. The van der Waals surface area contributed by atoms with Gasteiger partial charge in [-0.05, 0) is 49.1 Å². The fourth-order valence-corrected chi connectivity index (χ4v) is 5.93. The van der Waals surface area contributed by atoms with Crippen LogP contribution < -0.4 is 16.0 Å². The summed E-state index contributed by atoms with van der Waals surface area (Å²) in [6, 6.07) is 24.5. The van der Waals surface area contributed by atoms with Gasteiger partial charge in [0, 0.05) is 43.1 Å². The third kappa shape index (κ3) is 10.9. The summed E-state index contributed by atoms with van der Waals surface area (Å²) in [5, 5.41) is 9.83.